The van der Waals surface area contributed by atoms with E-state index in [-0.39, 0.29) is 12.3 Å². The summed E-state index contributed by atoms with van der Waals surface area (Å²) in [7, 11) is 0. The molecule has 0 unspecified atom stereocenters. The second-order valence-corrected chi connectivity index (χ2v) is 4.52. The lowest BCUT2D eigenvalue weighted by Crippen LogP contribution is -2.27. The highest BCUT2D eigenvalue weighted by Gasteiger charge is 2.06. The molecule has 0 spiro atoms. The van der Waals surface area contributed by atoms with E-state index in [1.807, 2.05) is 0 Å². The molecule has 0 aliphatic rings. The number of H-pyrrole nitrogens is 1. The molecule has 0 saturated carbocycles. The average molecular weight is 259 g/mol. The molecular weight excluding hydrogens is 242 g/mol. The van der Waals surface area contributed by atoms with Crippen LogP contribution in [-0.2, 0) is 17.6 Å². The molecule has 0 aliphatic heterocycles. The van der Waals surface area contributed by atoms with Crippen LogP contribution in [0.15, 0.2) is 18.2 Å². The van der Waals surface area contributed by atoms with E-state index in [1.165, 1.54) is 16.7 Å². The molecule has 6 heteroatoms. The van der Waals surface area contributed by atoms with E-state index < -0.39 is 0 Å². The molecule has 2 rings (SSSR count). The van der Waals surface area contributed by atoms with Crippen molar-refractivity contribution in [3.8, 4) is 0 Å². The zero-order valence-corrected chi connectivity index (χ0v) is 11.1. The van der Waals surface area contributed by atoms with Gasteiger partial charge in [-0.05, 0) is 37.0 Å². The number of hydrogen-bond donors (Lipinski definition) is 2. The van der Waals surface area contributed by atoms with Crippen molar-refractivity contribution >= 4 is 5.91 Å². The Kier molecular flexibility index (Phi) is 4.22. The third-order valence-electron chi connectivity index (χ3n) is 3.02. The smallest absolute Gasteiger partial charge is 0.227 e. The number of aromatic nitrogens is 4. The van der Waals surface area contributed by atoms with Gasteiger partial charge in [-0.1, -0.05) is 23.4 Å². The van der Waals surface area contributed by atoms with E-state index in [1.54, 1.807) is 0 Å². The first-order valence-electron chi connectivity index (χ1n) is 6.20. The predicted molar refractivity (Wildman–Crippen MR) is 70.5 cm³/mol. The Bertz CT molecular complexity index is 550. The fourth-order valence-corrected chi connectivity index (χ4v) is 1.77. The van der Waals surface area contributed by atoms with Gasteiger partial charge in [0.1, 0.15) is 0 Å². The number of carbonyl (C=O) groups is 1. The molecule has 0 radical (unpaired) electrons. The van der Waals surface area contributed by atoms with Crippen molar-refractivity contribution in [3.05, 3.63) is 40.7 Å². The highest BCUT2D eigenvalue weighted by molar-refractivity contribution is 5.77. The molecule has 1 heterocycles. The highest BCUT2D eigenvalue weighted by Crippen LogP contribution is 2.09. The van der Waals surface area contributed by atoms with Crippen LogP contribution in [0, 0.1) is 13.8 Å². The van der Waals surface area contributed by atoms with Crippen LogP contribution in [0.5, 0.6) is 0 Å². The summed E-state index contributed by atoms with van der Waals surface area (Å²) < 4.78 is 0. The minimum Gasteiger partial charge on any atom is -0.355 e. The van der Waals surface area contributed by atoms with Crippen LogP contribution < -0.4 is 5.32 Å². The van der Waals surface area contributed by atoms with Crippen LogP contribution in [0.25, 0.3) is 0 Å². The van der Waals surface area contributed by atoms with Gasteiger partial charge >= 0.3 is 0 Å². The number of carbonyl (C=O) groups excluding carboxylic acids is 1. The molecular formula is C13H17N5O. The molecule has 0 saturated heterocycles. The molecule has 100 valence electrons. The van der Waals surface area contributed by atoms with Crippen molar-refractivity contribution in [2.75, 3.05) is 6.54 Å². The molecule has 0 aliphatic carbocycles. The number of hydrogen-bond acceptors (Lipinski definition) is 4. The second-order valence-electron chi connectivity index (χ2n) is 4.52. The Balaban J connectivity index is 1.76. The number of benzene rings is 1. The maximum Gasteiger partial charge on any atom is 0.227 e. The molecule has 0 atom stereocenters. The summed E-state index contributed by atoms with van der Waals surface area (Å²) in [6.45, 7) is 4.79. The van der Waals surface area contributed by atoms with Gasteiger partial charge in [-0.2, -0.15) is 5.21 Å². The highest BCUT2D eigenvalue weighted by atomic mass is 16.1. The molecule has 1 amide bonds. The summed E-state index contributed by atoms with van der Waals surface area (Å²) in [5, 5.41) is 16.0. The Morgan fingerprint density at radius 1 is 1.32 bits per heavy atom. The quantitative estimate of drug-likeness (QED) is 0.828. The number of nitrogens with one attached hydrogen (secondary N) is 2. The first-order valence-corrected chi connectivity index (χ1v) is 6.20. The van der Waals surface area contributed by atoms with Crippen molar-refractivity contribution in [3.63, 3.8) is 0 Å². The minimum atomic E-state index is -0.0924. The number of aromatic amines is 1. The van der Waals surface area contributed by atoms with E-state index in [2.05, 4.69) is 58.0 Å². The van der Waals surface area contributed by atoms with Gasteiger partial charge in [0.05, 0.1) is 6.42 Å². The standard InChI is InChI=1S/C13H17N5O/c1-9-3-4-11(7-10(9)2)5-6-14-13(19)8-12-15-17-18-16-12/h3-4,7H,5-6,8H2,1-2H3,(H,14,19)(H,15,16,17,18). The van der Waals surface area contributed by atoms with Gasteiger partial charge in [0.25, 0.3) is 0 Å². The van der Waals surface area contributed by atoms with E-state index in [0.717, 1.165) is 6.42 Å². The summed E-state index contributed by atoms with van der Waals surface area (Å²) in [4.78, 5) is 11.6. The molecule has 19 heavy (non-hydrogen) atoms. The largest absolute Gasteiger partial charge is 0.355 e. The SMILES string of the molecule is Cc1ccc(CCNC(=O)Cc2nn[nH]n2)cc1C. The molecule has 1 aromatic carbocycles. The summed E-state index contributed by atoms with van der Waals surface area (Å²) in [6.07, 6.45) is 0.975. The fourth-order valence-electron chi connectivity index (χ4n) is 1.77. The van der Waals surface area contributed by atoms with Crippen LogP contribution in [-0.4, -0.2) is 33.1 Å². The molecule has 2 N–H and O–H groups in total. The number of tetrazole rings is 1. The van der Waals surface area contributed by atoms with E-state index in [0.29, 0.717) is 12.4 Å². The molecule has 2 aromatic rings. The third kappa shape index (κ3) is 3.87. The first-order chi connectivity index (χ1) is 9.15. The fraction of sp³-hybridized carbons (Fsp3) is 0.385. The Hall–Kier alpha value is -2.24. The monoisotopic (exact) mass is 259 g/mol. The third-order valence-corrected chi connectivity index (χ3v) is 3.02. The van der Waals surface area contributed by atoms with Crippen LogP contribution >= 0.6 is 0 Å². The molecule has 1 aromatic heterocycles. The summed E-state index contributed by atoms with van der Waals surface area (Å²) in [5.74, 6) is 0.314. The summed E-state index contributed by atoms with van der Waals surface area (Å²) >= 11 is 0. The van der Waals surface area contributed by atoms with E-state index >= 15 is 0 Å². The zero-order chi connectivity index (χ0) is 13.7. The maximum absolute atomic E-state index is 11.6. The lowest BCUT2D eigenvalue weighted by atomic mass is 10.0. The number of nitrogens with zero attached hydrogens (tertiary/aromatic N) is 3. The Morgan fingerprint density at radius 2 is 2.16 bits per heavy atom. The van der Waals surface area contributed by atoms with Gasteiger partial charge in [-0.15, -0.1) is 10.2 Å². The number of aryl methyl sites for hydroxylation is 2. The predicted octanol–water partition coefficient (Wildman–Crippen LogP) is 0.718. The topological polar surface area (TPSA) is 83.6 Å². The van der Waals surface area contributed by atoms with Crippen molar-refractivity contribution in [1.29, 1.82) is 0 Å². The van der Waals surface area contributed by atoms with Gasteiger partial charge in [0, 0.05) is 6.54 Å². The van der Waals surface area contributed by atoms with Gasteiger partial charge in [-0.25, -0.2) is 0 Å². The first kappa shape index (κ1) is 13.2. The summed E-state index contributed by atoms with van der Waals surface area (Å²) in [6, 6.07) is 6.35. The molecule has 0 bridgehead atoms. The molecule has 0 fully saturated rings. The lowest BCUT2D eigenvalue weighted by molar-refractivity contribution is -0.120. The Morgan fingerprint density at radius 3 is 2.84 bits per heavy atom. The van der Waals surface area contributed by atoms with Crippen LogP contribution in [0.1, 0.15) is 22.5 Å². The lowest BCUT2D eigenvalue weighted by Gasteiger charge is -2.06. The van der Waals surface area contributed by atoms with Gasteiger partial charge < -0.3 is 5.32 Å². The maximum atomic E-state index is 11.6. The van der Waals surface area contributed by atoms with Crippen molar-refractivity contribution < 1.29 is 4.79 Å². The van der Waals surface area contributed by atoms with Gasteiger partial charge in [0.15, 0.2) is 5.82 Å². The van der Waals surface area contributed by atoms with E-state index in [9.17, 15) is 4.79 Å². The Labute approximate surface area is 111 Å². The average Bonchev–Trinajstić information content (AvgIpc) is 2.86. The van der Waals surface area contributed by atoms with Crippen molar-refractivity contribution in [2.24, 2.45) is 0 Å². The number of rotatable bonds is 5. The van der Waals surface area contributed by atoms with Crippen molar-refractivity contribution in [2.45, 2.75) is 26.7 Å². The van der Waals surface area contributed by atoms with Crippen molar-refractivity contribution in [1.82, 2.24) is 25.9 Å². The zero-order valence-electron chi connectivity index (χ0n) is 11.1. The minimum absolute atomic E-state index is 0.0924. The van der Waals surface area contributed by atoms with Crippen LogP contribution in [0.2, 0.25) is 0 Å². The molecule has 6 nitrogen and oxygen atoms in total. The van der Waals surface area contributed by atoms with Gasteiger partial charge in [0.2, 0.25) is 5.91 Å². The van der Waals surface area contributed by atoms with Crippen LogP contribution in [0.3, 0.4) is 0 Å². The van der Waals surface area contributed by atoms with E-state index in [4.69, 9.17) is 0 Å². The second kappa shape index (κ2) is 6.08. The number of amides is 1. The van der Waals surface area contributed by atoms with Gasteiger partial charge in [-0.3, -0.25) is 4.79 Å². The summed E-state index contributed by atoms with van der Waals surface area (Å²) in [5.41, 5.74) is 3.78. The van der Waals surface area contributed by atoms with Crippen LogP contribution in [0.4, 0.5) is 0 Å². The normalized spacial score (nSPS) is 10.4.